The molecule has 0 spiro atoms. The van der Waals surface area contributed by atoms with Gasteiger partial charge in [0.2, 0.25) is 0 Å². The van der Waals surface area contributed by atoms with E-state index in [0.717, 1.165) is 0 Å². The van der Waals surface area contributed by atoms with E-state index in [2.05, 4.69) is 0 Å². The van der Waals surface area contributed by atoms with E-state index >= 15 is 0 Å². The van der Waals surface area contributed by atoms with Gasteiger partial charge in [-0.3, -0.25) is 0 Å². The molecule has 0 heterocycles. The predicted molar refractivity (Wildman–Crippen MR) is 16.2 cm³/mol. The molecule has 0 aromatic carbocycles. The molecular formula is C3Er2O9. The van der Waals surface area contributed by atoms with Crippen LogP contribution in [0, 0.1) is 74.6 Å². The maximum atomic E-state index is 8.33. The van der Waals surface area contributed by atoms with E-state index in [-0.39, 0.29) is 74.6 Å². The van der Waals surface area contributed by atoms with Gasteiger partial charge in [0.05, 0.1) is 0 Å². The quantitative estimate of drug-likeness (QED) is 0.302. The number of hydrogen-bond donors (Lipinski definition) is 0. The molecule has 0 aliphatic rings. The average molecular weight is 515 g/mol. The molecule has 0 saturated heterocycles. The fourth-order valence-corrected chi connectivity index (χ4v) is 0. The Balaban J connectivity index is -0.0000000270. The van der Waals surface area contributed by atoms with Crippen LogP contribution < -0.4 is 30.6 Å². The van der Waals surface area contributed by atoms with E-state index in [1.165, 1.54) is 0 Å². The van der Waals surface area contributed by atoms with Gasteiger partial charge in [-0.15, -0.1) is 0 Å². The smallest absolute Gasteiger partial charge is 0.652 e. The Labute approximate surface area is 136 Å². The van der Waals surface area contributed by atoms with Gasteiger partial charge in [-0.05, 0) is 18.5 Å². The summed E-state index contributed by atoms with van der Waals surface area (Å²) in [4.78, 5) is 25.0. The molecule has 11 heteroatoms. The van der Waals surface area contributed by atoms with Crippen molar-refractivity contribution >= 4 is 18.5 Å². The van der Waals surface area contributed by atoms with Crippen LogP contribution in [0.3, 0.4) is 0 Å². The van der Waals surface area contributed by atoms with Crippen LogP contribution in [0.25, 0.3) is 0 Å². The third kappa shape index (κ3) is 17100. The van der Waals surface area contributed by atoms with Crippen molar-refractivity contribution in [2.45, 2.75) is 0 Å². The molecule has 2 radical (unpaired) electrons. The molecule has 0 N–H and O–H groups in total. The van der Waals surface area contributed by atoms with Crippen LogP contribution >= 0.6 is 0 Å². The summed E-state index contributed by atoms with van der Waals surface area (Å²) in [6.45, 7) is 0. The van der Waals surface area contributed by atoms with Gasteiger partial charge in [-0.25, -0.2) is 0 Å². The number of carboxylic acid groups (broad SMARTS) is 6. The second-order valence-corrected chi connectivity index (χ2v) is 0.750. The van der Waals surface area contributed by atoms with E-state index in [1.54, 1.807) is 0 Å². The molecule has 0 unspecified atom stereocenters. The molecule has 90 valence electrons. The van der Waals surface area contributed by atoms with Crippen molar-refractivity contribution in [3.63, 3.8) is 0 Å². The van der Waals surface area contributed by atoms with Crippen LogP contribution in [0.4, 0.5) is 14.4 Å². The van der Waals surface area contributed by atoms with Crippen LogP contribution in [0.1, 0.15) is 0 Å². The molecular weight excluding hydrogens is 515 g/mol. The second kappa shape index (κ2) is 23.3. The first kappa shape index (κ1) is 29.2. The zero-order chi connectivity index (χ0) is 10.7. The monoisotopic (exact) mass is 512 g/mol. The molecule has 0 fully saturated rings. The van der Waals surface area contributed by atoms with E-state index in [4.69, 9.17) is 45.0 Å². The van der Waals surface area contributed by atoms with Gasteiger partial charge in [-0.2, -0.15) is 0 Å². The SMILES string of the molecule is O=C([O-])[O-].O=C([O-])[O-].O=C([O-])[O-].[Er+3].[Er+3]. The molecule has 0 rings (SSSR count). The molecule has 0 amide bonds. The van der Waals surface area contributed by atoms with Crippen LogP contribution in [-0.4, -0.2) is 18.5 Å². The molecule has 0 saturated carbocycles. The first-order valence-corrected chi connectivity index (χ1v) is 1.84. The maximum Gasteiger partial charge on any atom is 3.00 e. The summed E-state index contributed by atoms with van der Waals surface area (Å²) in [5.41, 5.74) is 0. The van der Waals surface area contributed by atoms with Gasteiger partial charge >= 0.3 is 74.6 Å². The Hall–Kier alpha value is 0.304. The van der Waals surface area contributed by atoms with E-state index in [9.17, 15) is 0 Å². The number of hydrogen-bond acceptors (Lipinski definition) is 9. The van der Waals surface area contributed by atoms with Crippen molar-refractivity contribution < 1.29 is 120 Å². The minimum Gasteiger partial charge on any atom is -0.652 e. The van der Waals surface area contributed by atoms with Crippen LogP contribution in [0.2, 0.25) is 0 Å². The molecule has 0 aromatic heterocycles. The summed E-state index contributed by atoms with van der Waals surface area (Å²) in [5.74, 6) is 0. The summed E-state index contributed by atoms with van der Waals surface area (Å²) in [7, 11) is 0. The van der Waals surface area contributed by atoms with Crippen molar-refractivity contribution in [3.8, 4) is 0 Å². The Kier molecular flexibility index (Phi) is 48.6. The van der Waals surface area contributed by atoms with Crippen molar-refractivity contribution in [1.29, 1.82) is 0 Å². The molecule has 9 nitrogen and oxygen atoms in total. The zero-order valence-corrected chi connectivity index (χ0v) is 9.46. The summed E-state index contributed by atoms with van der Waals surface area (Å²) in [6, 6.07) is 0. The van der Waals surface area contributed by atoms with E-state index in [0.29, 0.717) is 0 Å². The molecule has 0 aliphatic carbocycles. The fraction of sp³-hybridized carbons (Fsp3) is 0. The molecule has 0 aromatic rings. The standard InChI is InChI=1S/3CH2O3.2Er/c3*2-1(3)4;;/h3*(H2,2,3,4);;/q;;;2*+3/p-6. The number of rotatable bonds is 0. The van der Waals surface area contributed by atoms with Gasteiger partial charge in [0.15, 0.2) is 0 Å². The molecule has 0 bridgehead atoms. The number of carbonyl (C=O) groups excluding carboxylic acids is 3. The van der Waals surface area contributed by atoms with Crippen LogP contribution in [0.15, 0.2) is 0 Å². The fourth-order valence-electron chi connectivity index (χ4n) is 0. The van der Waals surface area contributed by atoms with Crippen molar-refractivity contribution in [2.24, 2.45) is 0 Å². The third-order valence-electron chi connectivity index (χ3n) is 0. The Morgan fingerprint density at radius 3 is 0.500 bits per heavy atom. The zero-order valence-electron chi connectivity index (χ0n) is 5.75. The largest absolute Gasteiger partial charge is 3.00 e. The third-order valence-corrected chi connectivity index (χ3v) is 0. The Morgan fingerprint density at radius 2 is 0.500 bits per heavy atom. The maximum absolute atomic E-state index is 8.33. The second-order valence-electron chi connectivity index (χ2n) is 0.750. The van der Waals surface area contributed by atoms with E-state index < -0.39 is 18.5 Å². The summed E-state index contributed by atoms with van der Waals surface area (Å²) in [6.07, 6.45) is -7.00. The Morgan fingerprint density at radius 1 is 0.500 bits per heavy atom. The van der Waals surface area contributed by atoms with Crippen LogP contribution in [0.5, 0.6) is 0 Å². The van der Waals surface area contributed by atoms with Gasteiger partial charge < -0.3 is 45.0 Å². The summed E-state index contributed by atoms with van der Waals surface area (Å²) >= 11 is 0. The van der Waals surface area contributed by atoms with Gasteiger partial charge in [0.1, 0.15) is 0 Å². The Bertz CT molecular complexity index is 116. The molecule has 0 atom stereocenters. The van der Waals surface area contributed by atoms with Crippen LogP contribution in [-0.2, 0) is 0 Å². The van der Waals surface area contributed by atoms with Crippen molar-refractivity contribution in [2.75, 3.05) is 0 Å². The normalized spacial score (nSPS) is 5.14. The topological polar surface area (TPSA) is 190 Å². The first-order chi connectivity index (χ1) is 5.20. The number of carbonyl (C=O) groups is 3. The molecule has 14 heavy (non-hydrogen) atoms. The summed E-state index contributed by atoms with van der Waals surface area (Å²) in [5, 5.41) is 50.0. The van der Waals surface area contributed by atoms with Gasteiger partial charge in [-0.1, -0.05) is 0 Å². The van der Waals surface area contributed by atoms with Gasteiger partial charge in [0.25, 0.3) is 0 Å². The predicted octanol–water partition coefficient (Wildman–Crippen LogP) is -7.34. The average Bonchev–Trinajstić information content (AvgIpc) is 1.54. The summed E-state index contributed by atoms with van der Waals surface area (Å²) < 4.78 is 0. The van der Waals surface area contributed by atoms with Crippen molar-refractivity contribution in [1.82, 2.24) is 0 Å². The minimum atomic E-state index is -2.33. The van der Waals surface area contributed by atoms with E-state index in [1.807, 2.05) is 0 Å². The van der Waals surface area contributed by atoms with Crippen molar-refractivity contribution in [3.05, 3.63) is 0 Å². The first-order valence-electron chi connectivity index (χ1n) is 1.84. The minimum absolute atomic E-state index is 0. The molecule has 0 aliphatic heterocycles. The van der Waals surface area contributed by atoms with Gasteiger partial charge in [0, 0.05) is 0 Å².